The Morgan fingerprint density at radius 1 is 1.15 bits per heavy atom. The SMILES string of the molecule is NS(=O)(=O)c1ccc(NC2CCCC2Sc2ccccc2)cc1[N+](=O)[O-]. The summed E-state index contributed by atoms with van der Waals surface area (Å²) in [6.07, 6.45) is 3.07. The van der Waals surface area contributed by atoms with Crippen LogP contribution in [0.5, 0.6) is 0 Å². The maximum atomic E-state index is 11.5. The number of nitro benzene ring substituents is 1. The predicted molar refractivity (Wildman–Crippen MR) is 102 cm³/mol. The highest BCUT2D eigenvalue weighted by atomic mass is 32.2. The van der Waals surface area contributed by atoms with Crippen molar-refractivity contribution in [1.82, 2.24) is 0 Å². The van der Waals surface area contributed by atoms with E-state index in [0.717, 1.165) is 19.3 Å². The van der Waals surface area contributed by atoms with Crippen molar-refractivity contribution in [2.45, 2.75) is 40.3 Å². The number of nitrogens with zero attached hydrogens (tertiary/aromatic N) is 1. The Hall–Kier alpha value is -2.10. The Kier molecular flexibility index (Phi) is 5.49. The van der Waals surface area contributed by atoms with Crippen LogP contribution in [0.1, 0.15) is 19.3 Å². The molecule has 9 heteroatoms. The van der Waals surface area contributed by atoms with Crippen LogP contribution in [0.4, 0.5) is 11.4 Å². The molecule has 3 rings (SSSR count). The van der Waals surface area contributed by atoms with Crippen LogP contribution < -0.4 is 10.5 Å². The van der Waals surface area contributed by atoms with Crippen LogP contribution in [0.15, 0.2) is 58.3 Å². The molecule has 1 aliphatic carbocycles. The molecule has 0 bridgehead atoms. The lowest BCUT2D eigenvalue weighted by atomic mass is 10.2. The fourth-order valence-electron chi connectivity index (χ4n) is 3.11. The van der Waals surface area contributed by atoms with Crippen molar-refractivity contribution in [3.05, 3.63) is 58.6 Å². The smallest absolute Gasteiger partial charge is 0.291 e. The normalized spacial score (nSPS) is 20.0. The van der Waals surface area contributed by atoms with E-state index in [-0.39, 0.29) is 6.04 Å². The maximum Gasteiger partial charge on any atom is 0.291 e. The quantitative estimate of drug-likeness (QED) is 0.574. The Labute approximate surface area is 156 Å². The third-order valence-corrected chi connectivity index (χ3v) is 6.67. The number of hydrogen-bond donors (Lipinski definition) is 2. The molecule has 3 N–H and O–H groups in total. The van der Waals surface area contributed by atoms with Gasteiger partial charge in [0.25, 0.3) is 5.69 Å². The monoisotopic (exact) mass is 393 g/mol. The first kappa shape index (κ1) is 18.7. The number of nitrogens with two attached hydrogens (primary N) is 1. The first-order valence-corrected chi connectivity index (χ1v) is 10.6. The first-order valence-electron chi connectivity index (χ1n) is 8.14. The van der Waals surface area contributed by atoms with E-state index in [4.69, 9.17) is 5.14 Å². The summed E-state index contributed by atoms with van der Waals surface area (Å²) in [6, 6.07) is 14.2. The second-order valence-corrected chi connectivity index (χ2v) is 8.98. The van der Waals surface area contributed by atoms with Gasteiger partial charge in [-0.15, -0.1) is 11.8 Å². The van der Waals surface area contributed by atoms with Gasteiger partial charge in [-0.25, -0.2) is 13.6 Å². The number of anilines is 1. The van der Waals surface area contributed by atoms with Gasteiger partial charge >= 0.3 is 0 Å². The summed E-state index contributed by atoms with van der Waals surface area (Å²) in [5, 5.41) is 19.9. The van der Waals surface area contributed by atoms with E-state index in [9.17, 15) is 18.5 Å². The molecule has 0 aromatic heterocycles. The van der Waals surface area contributed by atoms with Crippen LogP contribution in [0.25, 0.3) is 0 Å². The zero-order chi connectivity index (χ0) is 18.7. The summed E-state index contributed by atoms with van der Waals surface area (Å²) in [6.45, 7) is 0. The molecule has 2 unspecified atom stereocenters. The fraction of sp³-hybridized carbons (Fsp3) is 0.294. The van der Waals surface area contributed by atoms with E-state index >= 15 is 0 Å². The molecule has 26 heavy (non-hydrogen) atoms. The molecular formula is C17H19N3O4S2. The number of hydrogen-bond acceptors (Lipinski definition) is 6. The second-order valence-electron chi connectivity index (χ2n) is 6.14. The Morgan fingerprint density at radius 2 is 1.88 bits per heavy atom. The van der Waals surface area contributed by atoms with Gasteiger partial charge in [0.1, 0.15) is 0 Å². The van der Waals surface area contributed by atoms with Gasteiger partial charge in [0.2, 0.25) is 10.0 Å². The first-order chi connectivity index (χ1) is 12.3. The minimum Gasteiger partial charge on any atom is -0.381 e. The molecule has 0 spiro atoms. The standard InChI is InChI=1S/C17H19N3O4S2/c18-26(23,24)17-10-9-12(11-15(17)20(21)22)19-14-7-4-8-16(14)25-13-5-2-1-3-6-13/h1-3,5-6,9-11,14,16,19H,4,7-8H2,(H2,18,23,24). The summed E-state index contributed by atoms with van der Waals surface area (Å²) < 4.78 is 23.0. The highest BCUT2D eigenvalue weighted by molar-refractivity contribution is 8.00. The lowest BCUT2D eigenvalue weighted by molar-refractivity contribution is -0.387. The van der Waals surface area contributed by atoms with Crippen molar-refractivity contribution in [3.63, 3.8) is 0 Å². The maximum absolute atomic E-state index is 11.5. The number of primary sulfonamides is 1. The van der Waals surface area contributed by atoms with Crippen molar-refractivity contribution in [2.24, 2.45) is 5.14 Å². The molecule has 0 radical (unpaired) electrons. The molecular weight excluding hydrogens is 374 g/mol. The fourth-order valence-corrected chi connectivity index (χ4v) is 5.11. The third kappa shape index (κ3) is 4.35. The Balaban J connectivity index is 1.79. The zero-order valence-corrected chi connectivity index (χ0v) is 15.5. The van der Waals surface area contributed by atoms with Crippen LogP contribution in [0.3, 0.4) is 0 Å². The highest BCUT2D eigenvalue weighted by Gasteiger charge is 2.29. The van der Waals surface area contributed by atoms with E-state index in [1.54, 1.807) is 11.8 Å². The third-order valence-electron chi connectivity index (χ3n) is 4.30. The van der Waals surface area contributed by atoms with Gasteiger partial charge < -0.3 is 5.32 Å². The Bertz CT molecular complexity index is 903. The Morgan fingerprint density at radius 3 is 2.54 bits per heavy atom. The number of nitro groups is 1. The predicted octanol–water partition coefficient (Wildman–Crippen LogP) is 3.37. The summed E-state index contributed by atoms with van der Waals surface area (Å²) in [7, 11) is -4.15. The largest absolute Gasteiger partial charge is 0.381 e. The van der Waals surface area contributed by atoms with E-state index in [2.05, 4.69) is 17.4 Å². The summed E-state index contributed by atoms with van der Waals surface area (Å²) >= 11 is 1.78. The van der Waals surface area contributed by atoms with Crippen molar-refractivity contribution in [1.29, 1.82) is 0 Å². The summed E-state index contributed by atoms with van der Waals surface area (Å²) in [5.41, 5.74) is 0.0115. The van der Waals surface area contributed by atoms with Gasteiger partial charge in [-0.05, 0) is 37.1 Å². The van der Waals surface area contributed by atoms with E-state index in [1.165, 1.54) is 23.1 Å². The molecule has 2 aromatic carbocycles. The number of sulfonamides is 1. The molecule has 1 fully saturated rings. The van der Waals surface area contributed by atoms with E-state index in [0.29, 0.717) is 10.9 Å². The molecule has 2 atom stereocenters. The molecule has 0 saturated heterocycles. The number of thioether (sulfide) groups is 1. The van der Waals surface area contributed by atoms with Gasteiger partial charge in [-0.1, -0.05) is 24.6 Å². The van der Waals surface area contributed by atoms with Crippen LogP contribution in [-0.4, -0.2) is 24.6 Å². The van der Waals surface area contributed by atoms with Crippen LogP contribution in [0, 0.1) is 10.1 Å². The molecule has 138 valence electrons. The molecule has 7 nitrogen and oxygen atoms in total. The van der Waals surface area contributed by atoms with Crippen LogP contribution in [0.2, 0.25) is 0 Å². The molecule has 0 aliphatic heterocycles. The minimum absolute atomic E-state index is 0.153. The average molecular weight is 393 g/mol. The summed E-state index contributed by atoms with van der Waals surface area (Å²) in [5.74, 6) is 0. The molecule has 1 saturated carbocycles. The number of benzene rings is 2. The molecule has 0 heterocycles. The topological polar surface area (TPSA) is 115 Å². The minimum atomic E-state index is -4.15. The molecule has 0 amide bonds. The van der Waals surface area contributed by atoms with Gasteiger partial charge in [0.15, 0.2) is 4.90 Å². The van der Waals surface area contributed by atoms with Crippen LogP contribution in [-0.2, 0) is 10.0 Å². The van der Waals surface area contributed by atoms with E-state index in [1.807, 2.05) is 18.2 Å². The lowest BCUT2D eigenvalue weighted by Gasteiger charge is -2.22. The van der Waals surface area contributed by atoms with Gasteiger partial charge in [0.05, 0.1) is 4.92 Å². The second kappa shape index (κ2) is 7.65. The van der Waals surface area contributed by atoms with Crippen LogP contribution >= 0.6 is 11.8 Å². The molecule has 2 aromatic rings. The van der Waals surface area contributed by atoms with E-state index < -0.39 is 25.5 Å². The van der Waals surface area contributed by atoms with Crippen molar-refractivity contribution >= 4 is 33.2 Å². The summed E-state index contributed by atoms with van der Waals surface area (Å²) in [4.78, 5) is 11.2. The van der Waals surface area contributed by atoms with Crippen molar-refractivity contribution < 1.29 is 13.3 Å². The highest BCUT2D eigenvalue weighted by Crippen LogP contribution is 2.37. The number of nitrogens with one attached hydrogen (secondary N) is 1. The lowest BCUT2D eigenvalue weighted by Crippen LogP contribution is -2.26. The molecule has 1 aliphatic rings. The van der Waals surface area contributed by atoms with Crippen molar-refractivity contribution in [2.75, 3.05) is 5.32 Å². The van der Waals surface area contributed by atoms with Crippen molar-refractivity contribution in [3.8, 4) is 0 Å². The van der Waals surface area contributed by atoms with Gasteiger partial charge in [-0.3, -0.25) is 10.1 Å². The van der Waals surface area contributed by atoms with Gasteiger partial charge in [0, 0.05) is 27.9 Å². The van der Waals surface area contributed by atoms with Gasteiger partial charge in [-0.2, -0.15) is 0 Å². The number of rotatable bonds is 6. The average Bonchev–Trinajstić information content (AvgIpc) is 3.01. The zero-order valence-electron chi connectivity index (χ0n) is 13.9.